The van der Waals surface area contributed by atoms with Gasteiger partial charge in [0.25, 0.3) is 0 Å². The van der Waals surface area contributed by atoms with E-state index in [1.807, 2.05) is 0 Å². The molecule has 0 saturated heterocycles. The average molecular weight is 206 g/mol. The smallest absolute Gasteiger partial charge is 0.0745 e. The lowest BCUT2D eigenvalue weighted by Crippen LogP contribution is -2.02. The first kappa shape index (κ1) is 12.6. The summed E-state index contributed by atoms with van der Waals surface area (Å²) in [6, 6.07) is 0. The highest BCUT2D eigenvalue weighted by molar-refractivity contribution is 3.36. The molecule has 13 heavy (non-hydrogen) atoms. The van der Waals surface area contributed by atoms with Crippen LogP contribution in [0.3, 0.4) is 0 Å². The highest BCUT2D eigenvalue weighted by Gasteiger charge is 1.95. The van der Waals surface area contributed by atoms with Gasteiger partial charge in [0.1, 0.15) is 0 Å². The van der Waals surface area contributed by atoms with Gasteiger partial charge in [-0.3, -0.25) is 0 Å². The van der Waals surface area contributed by atoms with Crippen molar-refractivity contribution < 1.29 is 55.1 Å². The molecular weight excluding hydrogens is 200 g/mol. The van der Waals surface area contributed by atoms with Crippen molar-refractivity contribution in [2.45, 2.75) is 0 Å². The molecule has 11 nitrogen and oxygen atoms in total. The molecule has 0 N–H and O–H groups in total. The summed E-state index contributed by atoms with van der Waals surface area (Å²) < 4.78 is 0. The monoisotopic (exact) mass is 206 g/mol. The van der Waals surface area contributed by atoms with E-state index in [4.69, 9.17) is 0 Å². The largest absolute Gasteiger partial charge is 0.207 e. The lowest BCUT2D eigenvalue weighted by molar-refractivity contribution is -0.854. The predicted molar refractivity (Wildman–Crippen MR) is 23.8 cm³/mol. The summed E-state index contributed by atoms with van der Waals surface area (Å²) in [5, 5.41) is 32.4. The summed E-state index contributed by atoms with van der Waals surface area (Å²) >= 11 is 0. The highest BCUT2D eigenvalue weighted by atomic mass is 17.9. The molecule has 0 aliphatic carbocycles. The van der Waals surface area contributed by atoms with E-state index in [1.54, 1.807) is 0 Å². The molecule has 0 heterocycles. The Hall–Kier alpha value is -0.440. The fourth-order valence-electron chi connectivity index (χ4n) is 0.135. The summed E-state index contributed by atoms with van der Waals surface area (Å²) in [6.07, 6.45) is 0. The van der Waals surface area contributed by atoms with Gasteiger partial charge in [-0.2, -0.15) is 0 Å². The van der Waals surface area contributed by atoms with Gasteiger partial charge >= 0.3 is 0 Å². The fourth-order valence-corrected chi connectivity index (χ4v) is 0.135. The molecule has 0 amide bonds. The van der Waals surface area contributed by atoms with E-state index in [1.165, 1.54) is 0 Å². The first-order valence-electron chi connectivity index (χ1n) is 2.48. The van der Waals surface area contributed by atoms with E-state index in [2.05, 4.69) is 55.1 Å². The second kappa shape index (κ2) is 11.6. The van der Waals surface area contributed by atoms with E-state index in [9.17, 15) is 0 Å². The first-order chi connectivity index (χ1) is 6.41. The molecular formula is C2H6O11. The van der Waals surface area contributed by atoms with Gasteiger partial charge < -0.3 is 0 Å². The summed E-state index contributed by atoms with van der Waals surface area (Å²) in [4.78, 5) is 7.77. The van der Waals surface area contributed by atoms with Gasteiger partial charge in [0.15, 0.2) is 0 Å². The van der Waals surface area contributed by atoms with Crippen LogP contribution < -0.4 is 0 Å². The van der Waals surface area contributed by atoms with Crippen molar-refractivity contribution in [2.24, 2.45) is 0 Å². The van der Waals surface area contributed by atoms with Crippen LogP contribution in [0.5, 0.6) is 0 Å². The molecule has 0 aliphatic rings. The van der Waals surface area contributed by atoms with Crippen LogP contribution in [0.25, 0.3) is 0 Å². The average Bonchev–Trinajstić information content (AvgIpc) is 2.16. The van der Waals surface area contributed by atoms with E-state index in [0.717, 1.165) is 14.2 Å². The maximum atomic E-state index is 3.89. The predicted octanol–water partition coefficient (Wildman–Crippen LogP) is -0.421. The van der Waals surface area contributed by atoms with Crippen molar-refractivity contribution in [3.8, 4) is 0 Å². The minimum atomic E-state index is 1.15. The Morgan fingerprint density at radius 2 is 0.615 bits per heavy atom. The zero-order chi connectivity index (χ0) is 9.78. The van der Waals surface area contributed by atoms with Gasteiger partial charge in [-0.1, -0.05) is 0 Å². The van der Waals surface area contributed by atoms with Crippen LogP contribution in [0.2, 0.25) is 0 Å². The summed E-state index contributed by atoms with van der Waals surface area (Å²) in [5.41, 5.74) is 0. The standard InChI is InChI=1S/C2H6O11/c1-3-5-7-9-11-13-12-10-8-6-4-2/h1-2H3. The van der Waals surface area contributed by atoms with E-state index in [-0.39, 0.29) is 0 Å². The van der Waals surface area contributed by atoms with Crippen LogP contribution >= 0.6 is 0 Å². The van der Waals surface area contributed by atoms with Crippen LogP contribution in [0.1, 0.15) is 0 Å². The zero-order valence-electron chi connectivity index (χ0n) is 6.49. The number of hydrogen-bond donors (Lipinski definition) is 0. The lowest BCUT2D eigenvalue weighted by atomic mass is 11.8. The van der Waals surface area contributed by atoms with Gasteiger partial charge in [-0.25, -0.2) is 9.78 Å². The number of rotatable bonds is 10. The van der Waals surface area contributed by atoms with Gasteiger partial charge in [-0.15, -0.1) is 0 Å². The third kappa shape index (κ3) is 11.6. The van der Waals surface area contributed by atoms with Crippen molar-refractivity contribution in [3.05, 3.63) is 0 Å². The van der Waals surface area contributed by atoms with Crippen molar-refractivity contribution in [3.63, 3.8) is 0 Å². The lowest BCUT2D eigenvalue weighted by Gasteiger charge is -1.97. The maximum Gasteiger partial charge on any atom is 0.0745 e. The summed E-state index contributed by atoms with van der Waals surface area (Å²) in [7, 11) is 2.31. The Morgan fingerprint density at radius 3 is 0.846 bits per heavy atom. The van der Waals surface area contributed by atoms with Crippen LogP contribution in [0.15, 0.2) is 0 Å². The van der Waals surface area contributed by atoms with Crippen molar-refractivity contribution >= 4 is 0 Å². The van der Waals surface area contributed by atoms with Crippen LogP contribution in [-0.4, -0.2) is 14.2 Å². The van der Waals surface area contributed by atoms with Crippen molar-refractivity contribution in [2.75, 3.05) is 14.2 Å². The molecule has 0 fully saturated rings. The Morgan fingerprint density at radius 1 is 0.385 bits per heavy atom. The third-order valence-corrected chi connectivity index (χ3v) is 0.358. The Bertz CT molecular complexity index is 74.2. The Labute approximate surface area is 70.6 Å². The van der Waals surface area contributed by atoms with E-state index >= 15 is 0 Å². The normalized spacial score (nSPS) is 10.6. The topological polar surface area (TPSA) is 102 Å². The minimum Gasteiger partial charge on any atom is -0.207 e. The fraction of sp³-hybridized carbons (Fsp3) is 1.00. The Kier molecular flexibility index (Phi) is 11.2. The van der Waals surface area contributed by atoms with Crippen LogP contribution in [-0.2, 0) is 55.1 Å². The Balaban J connectivity index is 2.76. The van der Waals surface area contributed by atoms with Gasteiger partial charge in [-0.05, 0) is 45.3 Å². The maximum absolute atomic E-state index is 3.89. The quantitative estimate of drug-likeness (QED) is 0.264. The molecule has 11 heteroatoms. The van der Waals surface area contributed by atoms with Gasteiger partial charge in [0.2, 0.25) is 0 Å². The molecule has 80 valence electrons. The molecule has 0 aliphatic heterocycles. The molecule has 0 aromatic heterocycles. The van der Waals surface area contributed by atoms with E-state index < -0.39 is 0 Å². The molecule has 0 atom stereocenters. The highest BCUT2D eigenvalue weighted by Crippen LogP contribution is 1.89. The van der Waals surface area contributed by atoms with Crippen molar-refractivity contribution in [1.82, 2.24) is 0 Å². The second-order valence-corrected chi connectivity index (χ2v) is 0.946. The van der Waals surface area contributed by atoms with E-state index in [0.29, 0.717) is 0 Å². The third-order valence-electron chi connectivity index (χ3n) is 0.358. The molecule has 0 unspecified atom stereocenters. The second-order valence-electron chi connectivity index (χ2n) is 0.946. The van der Waals surface area contributed by atoms with Gasteiger partial charge in [0.05, 0.1) is 14.2 Å². The first-order valence-corrected chi connectivity index (χ1v) is 2.48. The van der Waals surface area contributed by atoms with Crippen LogP contribution in [0, 0.1) is 0 Å². The molecule has 0 spiro atoms. The van der Waals surface area contributed by atoms with Gasteiger partial charge in [0, 0.05) is 0 Å². The number of hydrogen-bond acceptors (Lipinski definition) is 11. The molecule has 0 radical (unpaired) electrons. The molecule has 0 aromatic rings. The minimum absolute atomic E-state index is 1.15. The summed E-state index contributed by atoms with van der Waals surface area (Å²) in [6.45, 7) is 0. The zero-order valence-corrected chi connectivity index (χ0v) is 6.49. The SMILES string of the molecule is COOOOOOOOOOOC. The molecule has 0 aromatic carbocycles. The molecule has 0 saturated carbocycles. The summed E-state index contributed by atoms with van der Waals surface area (Å²) in [5.74, 6) is 0. The van der Waals surface area contributed by atoms with Crippen molar-refractivity contribution in [1.29, 1.82) is 0 Å². The van der Waals surface area contributed by atoms with Crippen LogP contribution in [0.4, 0.5) is 0 Å². The molecule has 0 rings (SSSR count). The molecule has 0 bridgehead atoms.